The van der Waals surface area contributed by atoms with E-state index in [0.717, 1.165) is 0 Å². The lowest BCUT2D eigenvalue weighted by atomic mass is 9.96. The maximum absolute atomic E-state index is 13.3. The normalized spacial score (nSPS) is 10.7. The van der Waals surface area contributed by atoms with Gasteiger partial charge in [0.25, 0.3) is 5.91 Å². The van der Waals surface area contributed by atoms with Crippen molar-refractivity contribution in [3.8, 4) is 11.1 Å². The van der Waals surface area contributed by atoms with E-state index in [0.29, 0.717) is 28.1 Å². The van der Waals surface area contributed by atoms with E-state index in [4.69, 9.17) is 10.5 Å². The van der Waals surface area contributed by atoms with Gasteiger partial charge < -0.3 is 15.5 Å². The number of carbonyl (C=O) groups is 1. The number of carbonyl (C=O) groups excluding carboxylic acids is 1. The summed E-state index contributed by atoms with van der Waals surface area (Å²) in [5.41, 5.74) is 7.09. The van der Waals surface area contributed by atoms with Crippen LogP contribution in [0.4, 0.5) is 4.39 Å². The number of benzene rings is 1. The first kappa shape index (κ1) is 15.9. The topological polar surface area (TPSA) is 85.2 Å². The summed E-state index contributed by atoms with van der Waals surface area (Å²) in [4.78, 5) is 27.3. The number of aromatic amines is 1. The molecule has 5 nitrogen and oxygen atoms in total. The quantitative estimate of drug-likeness (QED) is 0.906. The summed E-state index contributed by atoms with van der Waals surface area (Å²) in [5, 5.41) is 0. The van der Waals surface area contributed by atoms with Crippen LogP contribution < -0.4 is 11.2 Å². The van der Waals surface area contributed by atoms with Crippen LogP contribution in [0, 0.1) is 19.7 Å². The minimum absolute atomic E-state index is 0.0665. The van der Waals surface area contributed by atoms with Gasteiger partial charge in [-0.3, -0.25) is 9.59 Å². The zero-order chi connectivity index (χ0) is 16.4. The van der Waals surface area contributed by atoms with E-state index < -0.39 is 11.3 Å². The van der Waals surface area contributed by atoms with Crippen LogP contribution in [-0.2, 0) is 11.3 Å². The Balaban J connectivity index is 2.80. The molecule has 0 saturated carbocycles. The van der Waals surface area contributed by atoms with E-state index in [1.165, 1.54) is 25.3 Å². The number of nitrogens with one attached hydrogen (secondary N) is 1. The molecule has 0 spiro atoms. The number of rotatable bonds is 4. The zero-order valence-corrected chi connectivity index (χ0v) is 12.6. The van der Waals surface area contributed by atoms with Crippen molar-refractivity contribution in [2.75, 3.05) is 7.11 Å². The Morgan fingerprint density at radius 1 is 1.36 bits per heavy atom. The molecule has 3 N–H and O–H groups in total. The molecular formula is C16H17FN2O3. The SMILES string of the molecule is COCc1[nH]c(C)c(-c2ccc(F)cc2C)c(=O)c1C(N)=O. The van der Waals surface area contributed by atoms with Gasteiger partial charge in [-0.25, -0.2) is 4.39 Å². The zero-order valence-electron chi connectivity index (χ0n) is 12.6. The number of halogens is 1. The molecule has 1 heterocycles. The highest BCUT2D eigenvalue weighted by molar-refractivity contribution is 5.95. The average molecular weight is 304 g/mol. The van der Waals surface area contributed by atoms with E-state index in [1.54, 1.807) is 13.8 Å². The molecule has 0 aliphatic carbocycles. The number of amides is 1. The summed E-state index contributed by atoms with van der Waals surface area (Å²) < 4.78 is 18.2. The van der Waals surface area contributed by atoms with Gasteiger partial charge >= 0.3 is 0 Å². The van der Waals surface area contributed by atoms with E-state index in [1.807, 2.05) is 0 Å². The first-order valence-electron chi connectivity index (χ1n) is 6.67. The predicted molar refractivity (Wildman–Crippen MR) is 81.2 cm³/mol. The Kier molecular flexibility index (Phi) is 4.42. The highest BCUT2D eigenvalue weighted by atomic mass is 19.1. The van der Waals surface area contributed by atoms with Gasteiger partial charge in [-0.05, 0) is 37.1 Å². The summed E-state index contributed by atoms with van der Waals surface area (Å²) in [6, 6.07) is 4.12. The van der Waals surface area contributed by atoms with Crippen molar-refractivity contribution in [2.24, 2.45) is 5.73 Å². The van der Waals surface area contributed by atoms with Crippen molar-refractivity contribution in [1.82, 2.24) is 4.98 Å². The lowest BCUT2D eigenvalue weighted by Gasteiger charge is -2.14. The van der Waals surface area contributed by atoms with Crippen LogP contribution in [0.1, 0.15) is 27.3 Å². The standard InChI is InChI=1S/C16H17FN2O3/c1-8-6-10(17)4-5-11(8)13-9(2)19-12(7-22-3)14(15(13)20)16(18)21/h4-6H,7H2,1-3H3,(H2,18,21)(H,19,20). The van der Waals surface area contributed by atoms with Crippen molar-refractivity contribution in [3.63, 3.8) is 0 Å². The number of hydrogen-bond donors (Lipinski definition) is 2. The van der Waals surface area contributed by atoms with Crippen LogP contribution in [-0.4, -0.2) is 18.0 Å². The van der Waals surface area contributed by atoms with E-state index in [2.05, 4.69) is 4.98 Å². The van der Waals surface area contributed by atoms with Gasteiger partial charge in [0, 0.05) is 18.4 Å². The van der Waals surface area contributed by atoms with Gasteiger partial charge in [-0.2, -0.15) is 0 Å². The molecule has 0 bridgehead atoms. The van der Waals surface area contributed by atoms with E-state index in [9.17, 15) is 14.0 Å². The fourth-order valence-electron chi connectivity index (χ4n) is 2.53. The third-order valence-corrected chi connectivity index (χ3v) is 3.46. The molecule has 1 amide bonds. The van der Waals surface area contributed by atoms with Gasteiger partial charge in [0.1, 0.15) is 11.4 Å². The highest BCUT2D eigenvalue weighted by Crippen LogP contribution is 2.24. The Morgan fingerprint density at radius 3 is 2.59 bits per heavy atom. The summed E-state index contributed by atoms with van der Waals surface area (Å²) >= 11 is 0. The molecule has 0 fully saturated rings. The van der Waals surface area contributed by atoms with Crippen LogP contribution in [0.2, 0.25) is 0 Å². The molecule has 1 aromatic heterocycles. The van der Waals surface area contributed by atoms with Crippen molar-refractivity contribution in [1.29, 1.82) is 0 Å². The Hall–Kier alpha value is -2.47. The molecule has 0 saturated heterocycles. The Labute approximate surface area is 126 Å². The number of H-pyrrole nitrogens is 1. The van der Waals surface area contributed by atoms with Crippen LogP contribution in [0.15, 0.2) is 23.0 Å². The first-order chi connectivity index (χ1) is 10.4. The number of primary amides is 1. The molecule has 2 rings (SSSR count). The molecule has 0 aliphatic rings. The first-order valence-corrected chi connectivity index (χ1v) is 6.67. The monoisotopic (exact) mass is 304 g/mol. The Bertz CT molecular complexity index is 797. The van der Waals surface area contributed by atoms with Crippen molar-refractivity contribution >= 4 is 5.91 Å². The third kappa shape index (κ3) is 2.78. The average Bonchev–Trinajstić information content (AvgIpc) is 2.40. The minimum Gasteiger partial charge on any atom is -0.378 e. The van der Waals surface area contributed by atoms with Crippen molar-refractivity contribution in [3.05, 3.63) is 56.8 Å². The largest absolute Gasteiger partial charge is 0.378 e. The third-order valence-electron chi connectivity index (χ3n) is 3.46. The summed E-state index contributed by atoms with van der Waals surface area (Å²) in [5.74, 6) is -1.21. The van der Waals surface area contributed by atoms with Crippen LogP contribution in [0.5, 0.6) is 0 Å². The number of ether oxygens (including phenoxy) is 1. The second-order valence-corrected chi connectivity index (χ2v) is 5.06. The predicted octanol–water partition coefficient (Wildman–Crippen LogP) is 2.04. The summed E-state index contributed by atoms with van der Waals surface area (Å²) in [6.45, 7) is 3.48. The molecule has 0 unspecified atom stereocenters. The second kappa shape index (κ2) is 6.11. The molecule has 6 heteroatoms. The van der Waals surface area contributed by atoms with Gasteiger partial charge in [0.2, 0.25) is 5.43 Å². The van der Waals surface area contributed by atoms with Crippen molar-refractivity contribution < 1.29 is 13.9 Å². The smallest absolute Gasteiger partial charge is 0.254 e. The van der Waals surface area contributed by atoms with Gasteiger partial charge in [0.15, 0.2) is 0 Å². The number of pyridine rings is 1. The lowest BCUT2D eigenvalue weighted by molar-refractivity contribution is 0.0993. The molecule has 22 heavy (non-hydrogen) atoms. The molecule has 0 radical (unpaired) electrons. The molecule has 0 aliphatic heterocycles. The van der Waals surface area contributed by atoms with Crippen LogP contribution in [0.25, 0.3) is 11.1 Å². The van der Waals surface area contributed by atoms with Gasteiger partial charge in [-0.1, -0.05) is 6.07 Å². The minimum atomic E-state index is -0.825. The number of methoxy groups -OCH3 is 1. The highest BCUT2D eigenvalue weighted by Gasteiger charge is 2.20. The van der Waals surface area contributed by atoms with Crippen LogP contribution in [0.3, 0.4) is 0 Å². The number of hydrogen-bond acceptors (Lipinski definition) is 3. The molecular weight excluding hydrogens is 287 g/mol. The summed E-state index contributed by atoms with van der Waals surface area (Å²) in [6.07, 6.45) is 0. The second-order valence-electron chi connectivity index (χ2n) is 5.06. The lowest BCUT2D eigenvalue weighted by Crippen LogP contribution is -2.27. The van der Waals surface area contributed by atoms with Gasteiger partial charge in [-0.15, -0.1) is 0 Å². The van der Waals surface area contributed by atoms with Crippen molar-refractivity contribution in [2.45, 2.75) is 20.5 Å². The molecule has 116 valence electrons. The fraction of sp³-hybridized carbons (Fsp3) is 0.250. The molecule has 2 aromatic rings. The van der Waals surface area contributed by atoms with E-state index >= 15 is 0 Å². The molecule has 1 aromatic carbocycles. The van der Waals surface area contributed by atoms with Gasteiger partial charge in [0.05, 0.1) is 12.3 Å². The Morgan fingerprint density at radius 2 is 2.05 bits per heavy atom. The number of aromatic nitrogens is 1. The maximum atomic E-state index is 13.3. The van der Waals surface area contributed by atoms with Crippen LogP contribution >= 0.6 is 0 Å². The fourth-order valence-corrected chi connectivity index (χ4v) is 2.53. The number of aryl methyl sites for hydroxylation is 2. The number of nitrogens with two attached hydrogens (primary N) is 1. The summed E-state index contributed by atoms with van der Waals surface area (Å²) in [7, 11) is 1.45. The van der Waals surface area contributed by atoms with E-state index in [-0.39, 0.29) is 18.0 Å². The maximum Gasteiger partial charge on any atom is 0.254 e. The molecule has 0 atom stereocenters.